The molecule has 0 amide bonds. The van der Waals surface area contributed by atoms with Gasteiger partial charge in [-0.2, -0.15) is 0 Å². The number of piperazine rings is 1. The molecule has 0 spiro atoms. The largest absolute Gasteiger partial charge is 0.360 e. The van der Waals surface area contributed by atoms with Crippen LogP contribution < -0.4 is 5.32 Å². The van der Waals surface area contributed by atoms with Crippen molar-refractivity contribution in [3.05, 3.63) is 0 Å². The van der Waals surface area contributed by atoms with Gasteiger partial charge in [0, 0.05) is 38.8 Å². The maximum atomic E-state index is 6.24. The number of ether oxygens (including phenoxy) is 6. The van der Waals surface area contributed by atoms with E-state index < -0.39 is 17.9 Å². The molecule has 4 aliphatic rings. The highest BCUT2D eigenvalue weighted by Crippen LogP contribution is 2.42. The van der Waals surface area contributed by atoms with Gasteiger partial charge in [-0.3, -0.25) is 4.90 Å². The Morgan fingerprint density at radius 1 is 1.00 bits per heavy atom. The summed E-state index contributed by atoms with van der Waals surface area (Å²) in [5, 5.41) is 4.16. The third-order valence-corrected chi connectivity index (χ3v) is 6.58. The van der Waals surface area contributed by atoms with Crippen molar-refractivity contribution in [2.45, 2.75) is 89.9 Å². The molecule has 32 heavy (non-hydrogen) atoms. The lowest BCUT2D eigenvalue weighted by molar-refractivity contribution is -0.248. The van der Waals surface area contributed by atoms with Crippen molar-refractivity contribution in [1.29, 1.82) is 0 Å². The molecule has 0 aliphatic carbocycles. The number of thiocarbonyl (C=S) groups is 1. The molecule has 184 valence electrons. The summed E-state index contributed by atoms with van der Waals surface area (Å²) in [5.74, 6) is -1.29. The van der Waals surface area contributed by atoms with Gasteiger partial charge in [0.05, 0.1) is 13.2 Å². The molecule has 1 N–H and O–H groups in total. The van der Waals surface area contributed by atoms with E-state index in [4.69, 9.17) is 40.6 Å². The number of hydrogen-bond donors (Lipinski definition) is 1. The molecule has 0 saturated carbocycles. The van der Waals surface area contributed by atoms with Crippen LogP contribution >= 0.6 is 12.2 Å². The van der Waals surface area contributed by atoms with Crippen LogP contribution in [0.15, 0.2) is 0 Å². The van der Waals surface area contributed by atoms with E-state index in [0.29, 0.717) is 19.3 Å². The minimum atomic E-state index is -0.674. The Balaban J connectivity index is 1.25. The van der Waals surface area contributed by atoms with Crippen LogP contribution in [0.5, 0.6) is 0 Å². The first kappa shape index (κ1) is 24.5. The van der Waals surface area contributed by atoms with Gasteiger partial charge in [0.15, 0.2) is 23.0 Å². The highest BCUT2D eigenvalue weighted by atomic mass is 32.1. The average molecular weight is 474 g/mol. The van der Waals surface area contributed by atoms with Crippen molar-refractivity contribution in [3.63, 3.8) is 0 Å². The quantitative estimate of drug-likeness (QED) is 0.571. The summed E-state index contributed by atoms with van der Waals surface area (Å²) in [4.78, 5) is 4.63. The summed E-state index contributed by atoms with van der Waals surface area (Å²) in [6.07, 6.45) is -1.50. The summed E-state index contributed by atoms with van der Waals surface area (Å²) >= 11 is 5.49. The van der Waals surface area contributed by atoms with Crippen LogP contribution in [0.4, 0.5) is 0 Å². The summed E-state index contributed by atoms with van der Waals surface area (Å²) < 4.78 is 36.5. The number of nitrogens with one attached hydrogen (secondary N) is 1. The SMILES string of the molecule is CC(C)NC(=S)N1CCN(CCO[C@H]2O[C@H](C3COC(C)(C)O3)[C@@H]3OC(C)(C)O[C@H]23)CC1. The average Bonchev–Trinajstić information content (AvgIpc) is 3.32. The fourth-order valence-corrected chi connectivity index (χ4v) is 5.13. The van der Waals surface area contributed by atoms with Crippen molar-refractivity contribution in [2.75, 3.05) is 45.9 Å². The summed E-state index contributed by atoms with van der Waals surface area (Å²) in [7, 11) is 0. The predicted molar refractivity (Wildman–Crippen MR) is 122 cm³/mol. The van der Waals surface area contributed by atoms with Gasteiger partial charge in [-0.1, -0.05) is 0 Å². The van der Waals surface area contributed by atoms with Crippen LogP contribution in [-0.4, -0.2) is 109 Å². The number of fused-ring (bicyclic) bond motifs is 1. The molecule has 4 saturated heterocycles. The second-order valence-electron chi connectivity index (χ2n) is 10.2. The number of rotatable bonds is 6. The molecular formula is C22H39N3O6S. The zero-order chi connectivity index (χ0) is 23.1. The van der Waals surface area contributed by atoms with Crippen molar-refractivity contribution < 1.29 is 28.4 Å². The molecule has 0 aromatic rings. The first-order valence-electron chi connectivity index (χ1n) is 11.8. The third kappa shape index (κ3) is 5.72. The van der Waals surface area contributed by atoms with Crippen molar-refractivity contribution in [2.24, 2.45) is 0 Å². The normalized spacial score (nSPS) is 36.6. The van der Waals surface area contributed by atoms with E-state index >= 15 is 0 Å². The summed E-state index contributed by atoms with van der Waals surface area (Å²) in [6.45, 7) is 17.5. The zero-order valence-corrected chi connectivity index (χ0v) is 21.0. The summed E-state index contributed by atoms with van der Waals surface area (Å²) in [6, 6.07) is 0.354. The first-order valence-corrected chi connectivity index (χ1v) is 12.2. The van der Waals surface area contributed by atoms with Crippen LogP contribution in [0.25, 0.3) is 0 Å². The second-order valence-corrected chi connectivity index (χ2v) is 10.6. The smallest absolute Gasteiger partial charge is 0.187 e. The van der Waals surface area contributed by atoms with E-state index in [0.717, 1.165) is 37.8 Å². The molecule has 4 heterocycles. The van der Waals surface area contributed by atoms with E-state index in [2.05, 4.69) is 29.0 Å². The Hall–Kier alpha value is -0.590. The van der Waals surface area contributed by atoms with Gasteiger partial charge >= 0.3 is 0 Å². The standard InChI is InChI=1S/C22H39N3O6S/c1-14(2)23-20(32)25-9-7-24(8-10-25)11-12-26-19-18-17(30-22(5,6)31-18)16(28-19)15-13-27-21(3,4)29-15/h14-19H,7-13H2,1-6H3,(H,23,32)/t15?,16-,17+,18+,19+/m1/s1. The molecule has 0 aromatic carbocycles. The van der Waals surface area contributed by atoms with Crippen LogP contribution in [0.2, 0.25) is 0 Å². The van der Waals surface area contributed by atoms with E-state index in [1.54, 1.807) is 0 Å². The number of hydrogen-bond acceptors (Lipinski definition) is 8. The molecule has 1 unspecified atom stereocenters. The molecular weight excluding hydrogens is 434 g/mol. The molecule has 9 nitrogen and oxygen atoms in total. The Bertz CT molecular complexity index is 670. The first-order chi connectivity index (χ1) is 15.0. The molecule has 10 heteroatoms. The lowest BCUT2D eigenvalue weighted by atomic mass is 10.1. The van der Waals surface area contributed by atoms with Crippen LogP contribution in [0, 0.1) is 0 Å². The molecule has 4 rings (SSSR count). The van der Waals surface area contributed by atoms with Crippen molar-refractivity contribution >= 4 is 17.3 Å². The highest BCUT2D eigenvalue weighted by Gasteiger charge is 2.59. The molecule has 0 bridgehead atoms. The van der Waals surface area contributed by atoms with Gasteiger partial charge in [0.2, 0.25) is 0 Å². The van der Waals surface area contributed by atoms with Crippen LogP contribution in [0.3, 0.4) is 0 Å². The molecule has 4 aliphatic heterocycles. The van der Waals surface area contributed by atoms with Crippen LogP contribution in [0.1, 0.15) is 41.5 Å². The van der Waals surface area contributed by atoms with E-state index in [-0.39, 0.29) is 24.4 Å². The Labute approximate surface area is 196 Å². The number of nitrogens with zero attached hydrogens (tertiary/aromatic N) is 2. The minimum absolute atomic E-state index is 0.208. The van der Waals surface area contributed by atoms with Crippen molar-refractivity contribution in [1.82, 2.24) is 15.1 Å². The molecule has 0 aromatic heterocycles. The van der Waals surface area contributed by atoms with Crippen molar-refractivity contribution in [3.8, 4) is 0 Å². The predicted octanol–water partition coefficient (Wildman–Crippen LogP) is 1.30. The lowest BCUT2D eigenvalue weighted by Gasteiger charge is -2.36. The van der Waals surface area contributed by atoms with Gasteiger partial charge in [-0.15, -0.1) is 0 Å². The van der Waals surface area contributed by atoms with Gasteiger partial charge < -0.3 is 38.6 Å². The molecule has 4 fully saturated rings. The lowest BCUT2D eigenvalue weighted by Crippen LogP contribution is -2.53. The van der Waals surface area contributed by atoms with Gasteiger partial charge in [-0.25, -0.2) is 0 Å². The van der Waals surface area contributed by atoms with E-state index in [1.165, 1.54) is 0 Å². The Morgan fingerprint density at radius 3 is 2.31 bits per heavy atom. The highest BCUT2D eigenvalue weighted by molar-refractivity contribution is 7.80. The molecule has 5 atom stereocenters. The van der Waals surface area contributed by atoms with Gasteiger partial charge in [-0.05, 0) is 53.8 Å². The Morgan fingerprint density at radius 2 is 1.69 bits per heavy atom. The van der Waals surface area contributed by atoms with Crippen LogP contribution in [-0.2, 0) is 28.4 Å². The zero-order valence-electron chi connectivity index (χ0n) is 20.2. The van der Waals surface area contributed by atoms with E-state index in [1.807, 2.05) is 27.7 Å². The minimum Gasteiger partial charge on any atom is -0.360 e. The van der Waals surface area contributed by atoms with E-state index in [9.17, 15) is 0 Å². The third-order valence-electron chi connectivity index (χ3n) is 6.21. The Kier molecular flexibility index (Phi) is 7.34. The monoisotopic (exact) mass is 473 g/mol. The van der Waals surface area contributed by atoms with Gasteiger partial charge in [0.25, 0.3) is 0 Å². The molecule has 0 radical (unpaired) electrons. The topological polar surface area (TPSA) is 73.9 Å². The maximum Gasteiger partial charge on any atom is 0.187 e. The second kappa shape index (κ2) is 9.58. The fraction of sp³-hybridized carbons (Fsp3) is 0.955. The van der Waals surface area contributed by atoms with Gasteiger partial charge in [0.1, 0.15) is 24.4 Å². The summed E-state index contributed by atoms with van der Waals surface area (Å²) in [5.41, 5.74) is 0. The maximum absolute atomic E-state index is 6.24. The fourth-order valence-electron chi connectivity index (χ4n) is 4.71.